The number of methoxy groups -OCH3 is 1. The van der Waals surface area contributed by atoms with E-state index in [0.717, 1.165) is 5.56 Å². The van der Waals surface area contributed by atoms with Crippen molar-refractivity contribution in [3.05, 3.63) is 23.0 Å². The number of hydrogen-bond acceptors (Lipinski definition) is 3. The van der Waals surface area contributed by atoms with Crippen molar-refractivity contribution in [3.63, 3.8) is 0 Å². The topological polar surface area (TPSA) is 48.1 Å². The second-order valence-corrected chi connectivity index (χ2v) is 2.51. The maximum atomic E-state index is 5.73. The summed E-state index contributed by atoms with van der Waals surface area (Å²) in [5, 5.41) is 0.445. The first-order valence-corrected chi connectivity index (χ1v) is 3.50. The Balaban J connectivity index is 2.93. The van der Waals surface area contributed by atoms with Crippen LogP contribution in [0.4, 0.5) is 5.69 Å². The zero-order valence-electron chi connectivity index (χ0n) is 6.17. The van der Waals surface area contributed by atoms with Gasteiger partial charge in [-0.15, -0.1) is 0 Å². The maximum Gasteiger partial charge on any atom is 0.134 e. The van der Waals surface area contributed by atoms with E-state index in [4.69, 9.17) is 22.1 Å². The van der Waals surface area contributed by atoms with E-state index in [1.165, 1.54) is 6.20 Å². The molecule has 1 aromatic heterocycles. The minimum atomic E-state index is 0.441. The molecule has 1 aromatic rings. The summed E-state index contributed by atoms with van der Waals surface area (Å²) in [7, 11) is 1.60. The zero-order chi connectivity index (χ0) is 8.27. The number of hydrogen-bond donors (Lipinski definition) is 1. The van der Waals surface area contributed by atoms with Gasteiger partial charge in [0, 0.05) is 12.7 Å². The van der Waals surface area contributed by atoms with Gasteiger partial charge in [0.1, 0.15) is 5.15 Å². The quantitative estimate of drug-likeness (QED) is 0.688. The molecule has 0 atom stereocenters. The molecule has 0 spiro atoms. The van der Waals surface area contributed by atoms with Crippen molar-refractivity contribution in [1.82, 2.24) is 4.98 Å². The minimum Gasteiger partial charge on any atom is -0.397 e. The van der Waals surface area contributed by atoms with E-state index >= 15 is 0 Å². The van der Waals surface area contributed by atoms with Crippen molar-refractivity contribution in [1.29, 1.82) is 0 Å². The normalized spacial score (nSPS) is 10.0. The minimum absolute atomic E-state index is 0.441. The number of ether oxygens (including phenoxy) is 1. The first-order chi connectivity index (χ1) is 5.24. The monoisotopic (exact) mass is 172 g/mol. The van der Waals surface area contributed by atoms with Crippen LogP contribution in [0.15, 0.2) is 12.3 Å². The molecule has 0 saturated carbocycles. The Kier molecular flexibility index (Phi) is 2.68. The highest BCUT2D eigenvalue weighted by Crippen LogP contribution is 2.15. The molecule has 11 heavy (non-hydrogen) atoms. The molecule has 1 rings (SSSR count). The lowest BCUT2D eigenvalue weighted by atomic mass is 10.3. The molecule has 2 N–H and O–H groups in total. The number of pyridine rings is 1. The van der Waals surface area contributed by atoms with Crippen molar-refractivity contribution in [2.75, 3.05) is 12.8 Å². The lowest BCUT2D eigenvalue weighted by molar-refractivity contribution is 0.184. The van der Waals surface area contributed by atoms with Crippen molar-refractivity contribution in [3.8, 4) is 0 Å². The summed E-state index contributed by atoms with van der Waals surface area (Å²) >= 11 is 5.73. The third-order valence-corrected chi connectivity index (χ3v) is 1.57. The summed E-state index contributed by atoms with van der Waals surface area (Å²) in [5.41, 5.74) is 6.89. The molecule has 1 heterocycles. The van der Waals surface area contributed by atoms with E-state index in [-0.39, 0.29) is 0 Å². The average Bonchev–Trinajstić information content (AvgIpc) is 1.98. The molecule has 0 unspecified atom stereocenters. The second-order valence-electron chi connectivity index (χ2n) is 2.15. The zero-order valence-corrected chi connectivity index (χ0v) is 6.93. The van der Waals surface area contributed by atoms with Gasteiger partial charge in [-0.1, -0.05) is 11.6 Å². The lowest BCUT2D eigenvalue weighted by Gasteiger charge is -2.01. The molecule has 0 aromatic carbocycles. The van der Waals surface area contributed by atoms with Crippen molar-refractivity contribution < 1.29 is 4.74 Å². The van der Waals surface area contributed by atoms with Crippen LogP contribution in [0.5, 0.6) is 0 Å². The Labute approximate surface area is 70.1 Å². The van der Waals surface area contributed by atoms with Crippen molar-refractivity contribution in [2.45, 2.75) is 6.61 Å². The SMILES string of the molecule is COCc1cc(N)cnc1Cl. The molecular formula is C7H9ClN2O. The Morgan fingerprint density at radius 1 is 1.73 bits per heavy atom. The van der Waals surface area contributed by atoms with Gasteiger partial charge in [0.05, 0.1) is 18.5 Å². The summed E-state index contributed by atoms with van der Waals surface area (Å²) < 4.78 is 4.88. The van der Waals surface area contributed by atoms with Gasteiger partial charge in [-0.05, 0) is 6.07 Å². The number of nitrogens with zero attached hydrogens (tertiary/aromatic N) is 1. The van der Waals surface area contributed by atoms with Gasteiger partial charge >= 0.3 is 0 Å². The summed E-state index contributed by atoms with van der Waals surface area (Å²) in [6.07, 6.45) is 1.52. The fourth-order valence-corrected chi connectivity index (χ4v) is 0.927. The third kappa shape index (κ3) is 2.06. The van der Waals surface area contributed by atoms with Crippen LogP contribution in [0, 0.1) is 0 Å². The number of nitrogen functional groups attached to an aromatic ring is 1. The molecule has 0 aliphatic rings. The van der Waals surface area contributed by atoms with E-state index in [1.54, 1.807) is 13.2 Å². The number of rotatable bonds is 2. The molecule has 3 nitrogen and oxygen atoms in total. The van der Waals surface area contributed by atoms with Gasteiger partial charge in [-0.3, -0.25) is 0 Å². The van der Waals surface area contributed by atoms with Gasteiger partial charge < -0.3 is 10.5 Å². The number of anilines is 1. The molecule has 0 aliphatic heterocycles. The van der Waals surface area contributed by atoms with E-state index < -0.39 is 0 Å². The van der Waals surface area contributed by atoms with Crippen LogP contribution < -0.4 is 5.73 Å². The number of halogens is 1. The van der Waals surface area contributed by atoms with Gasteiger partial charge in [0.25, 0.3) is 0 Å². The third-order valence-electron chi connectivity index (χ3n) is 1.23. The van der Waals surface area contributed by atoms with Crippen LogP contribution in [-0.2, 0) is 11.3 Å². The molecule has 0 amide bonds. The van der Waals surface area contributed by atoms with Crippen LogP contribution in [0.25, 0.3) is 0 Å². The van der Waals surface area contributed by atoms with Crippen LogP contribution in [0.3, 0.4) is 0 Å². The summed E-state index contributed by atoms with van der Waals surface area (Å²) in [5.74, 6) is 0. The smallest absolute Gasteiger partial charge is 0.134 e. The van der Waals surface area contributed by atoms with Gasteiger partial charge in [-0.2, -0.15) is 0 Å². The van der Waals surface area contributed by atoms with Gasteiger partial charge in [0.2, 0.25) is 0 Å². The van der Waals surface area contributed by atoms with E-state index in [9.17, 15) is 0 Å². The Bertz CT molecular complexity index is 252. The van der Waals surface area contributed by atoms with Crippen molar-refractivity contribution in [2.24, 2.45) is 0 Å². The largest absolute Gasteiger partial charge is 0.397 e. The molecule has 4 heteroatoms. The van der Waals surface area contributed by atoms with E-state index in [0.29, 0.717) is 17.4 Å². The Morgan fingerprint density at radius 3 is 3.09 bits per heavy atom. The highest BCUT2D eigenvalue weighted by Gasteiger charge is 2.00. The van der Waals surface area contributed by atoms with Crippen LogP contribution in [-0.4, -0.2) is 12.1 Å². The standard InChI is InChI=1S/C7H9ClN2O/c1-11-4-5-2-6(9)3-10-7(5)8/h2-3H,4,9H2,1H3. The predicted octanol–water partition coefficient (Wildman–Crippen LogP) is 1.46. The second kappa shape index (κ2) is 3.55. The van der Waals surface area contributed by atoms with E-state index in [1.807, 2.05) is 0 Å². The average molecular weight is 173 g/mol. The van der Waals surface area contributed by atoms with E-state index in [2.05, 4.69) is 4.98 Å². The first-order valence-electron chi connectivity index (χ1n) is 3.13. The van der Waals surface area contributed by atoms with Crippen LogP contribution >= 0.6 is 11.6 Å². The summed E-state index contributed by atoms with van der Waals surface area (Å²) in [4.78, 5) is 3.86. The van der Waals surface area contributed by atoms with Crippen LogP contribution in [0.1, 0.15) is 5.56 Å². The number of aromatic nitrogens is 1. The lowest BCUT2D eigenvalue weighted by Crippen LogP contribution is -1.94. The Morgan fingerprint density at radius 2 is 2.45 bits per heavy atom. The molecule has 0 fully saturated rings. The highest BCUT2D eigenvalue weighted by molar-refractivity contribution is 6.30. The Hall–Kier alpha value is -0.800. The van der Waals surface area contributed by atoms with Gasteiger partial charge in [0.15, 0.2) is 0 Å². The molecule has 0 bridgehead atoms. The molecular weight excluding hydrogens is 164 g/mol. The fourth-order valence-electron chi connectivity index (χ4n) is 0.769. The first kappa shape index (κ1) is 8.30. The number of nitrogens with two attached hydrogens (primary N) is 1. The molecule has 60 valence electrons. The predicted molar refractivity (Wildman–Crippen MR) is 44.4 cm³/mol. The molecule has 0 aliphatic carbocycles. The highest BCUT2D eigenvalue weighted by atomic mass is 35.5. The fraction of sp³-hybridized carbons (Fsp3) is 0.286. The maximum absolute atomic E-state index is 5.73. The van der Waals surface area contributed by atoms with Crippen LogP contribution in [0.2, 0.25) is 5.15 Å². The van der Waals surface area contributed by atoms with Crippen molar-refractivity contribution >= 4 is 17.3 Å². The summed E-state index contributed by atoms with van der Waals surface area (Å²) in [6.45, 7) is 0.441. The molecule has 0 radical (unpaired) electrons. The molecule has 0 saturated heterocycles. The summed E-state index contributed by atoms with van der Waals surface area (Å²) in [6, 6.07) is 1.75. The van der Waals surface area contributed by atoms with Gasteiger partial charge in [-0.25, -0.2) is 4.98 Å².